The molecule has 1 fully saturated rings. The minimum atomic E-state index is -0.531. The molecule has 1 aliphatic heterocycles. The number of nitrogens with two attached hydrogens (primary N) is 1. The minimum absolute atomic E-state index is 0. The van der Waals surface area contributed by atoms with Gasteiger partial charge in [-0.3, -0.25) is 4.79 Å². The molecular weight excluding hydrogens is 333 g/mol. The zero-order valence-electron chi connectivity index (χ0n) is 14.2. The molecule has 23 heavy (non-hydrogen) atoms. The molecule has 1 amide bonds. The Balaban J connectivity index is 0.00000242. The summed E-state index contributed by atoms with van der Waals surface area (Å²) in [6.45, 7) is 4.80. The second kappa shape index (κ2) is 10.1. The second-order valence-corrected chi connectivity index (χ2v) is 6.42. The first-order valence-corrected chi connectivity index (χ1v) is 7.73. The Bertz CT molecular complexity index is 471. The van der Waals surface area contributed by atoms with Gasteiger partial charge in [-0.25, -0.2) is 0 Å². The monoisotopic (exact) mass is 361 g/mol. The Morgan fingerprint density at radius 1 is 1.22 bits per heavy atom. The molecule has 1 aromatic rings. The van der Waals surface area contributed by atoms with Gasteiger partial charge in [0, 0.05) is 19.6 Å². The summed E-state index contributed by atoms with van der Waals surface area (Å²) in [5.41, 5.74) is 8.22. The number of hydrogen-bond acceptors (Lipinski definition) is 3. The van der Waals surface area contributed by atoms with E-state index in [1.807, 2.05) is 36.1 Å². The fraction of sp³-hybridized carbons (Fsp3) is 0.588. The van der Waals surface area contributed by atoms with Crippen LogP contribution in [0.5, 0.6) is 0 Å². The molecule has 1 unspecified atom stereocenters. The van der Waals surface area contributed by atoms with Crippen LogP contribution in [0.2, 0.25) is 0 Å². The molecule has 2 rings (SSSR count). The fourth-order valence-electron chi connectivity index (χ4n) is 2.97. The summed E-state index contributed by atoms with van der Waals surface area (Å²) in [6, 6.07) is 7.39. The van der Waals surface area contributed by atoms with E-state index in [1.54, 1.807) is 0 Å². The third-order valence-electron chi connectivity index (χ3n) is 4.25. The number of amides is 1. The zero-order chi connectivity index (χ0) is 15.4. The van der Waals surface area contributed by atoms with Gasteiger partial charge in [0.15, 0.2) is 0 Å². The van der Waals surface area contributed by atoms with Crippen molar-refractivity contribution in [2.24, 2.45) is 11.7 Å². The highest BCUT2D eigenvalue weighted by molar-refractivity contribution is 5.85. The summed E-state index contributed by atoms with van der Waals surface area (Å²) in [7, 11) is 4.20. The van der Waals surface area contributed by atoms with Crippen molar-refractivity contribution in [3.63, 3.8) is 0 Å². The molecule has 0 aliphatic carbocycles. The molecule has 2 N–H and O–H groups in total. The number of carbonyl (C=O) groups excluding carboxylic acids is 1. The SMILES string of the molecule is Cc1ccc(C(N)C(=O)N2CCC(CN(C)C)CC2)cc1.Cl.Cl. The third-order valence-corrected chi connectivity index (χ3v) is 4.25. The van der Waals surface area contributed by atoms with Crippen LogP contribution in [0.15, 0.2) is 24.3 Å². The number of carbonyl (C=O) groups is 1. The predicted octanol–water partition coefficient (Wildman–Crippen LogP) is 2.64. The smallest absolute Gasteiger partial charge is 0.244 e. The molecule has 1 heterocycles. The number of aryl methyl sites for hydroxylation is 1. The topological polar surface area (TPSA) is 49.6 Å². The van der Waals surface area contributed by atoms with Crippen molar-refractivity contribution in [2.45, 2.75) is 25.8 Å². The summed E-state index contributed by atoms with van der Waals surface area (Å²) in [5.74, 6) is 0.752. The van der Waals surface area contributed by atoms with Crippen molar-refractivity contribution in [1.82, 2.24) is 9.80 Å². The van der Waals surface area contributed by atoms with Crippen molar-refractivity contribution in [3.05, 3.63) is 35.4 Å². The molecule has 0 radical (unpaired) electrons. The maximum Gasteiger partial charge on any atom is 0.244 e. The van der Waals surface area contributed by atoms with Crippen molar-refractivity contribution in [3.8, 4) is 0 Å². The van der Waals surface area contributed by atoms with E-state index in [0.717, 1.165) is 38.0 Å². The summed E-state index contributed by atoms with van der Waals surface area (Å²) in [6.07, 6.45) is 2.15. The van der Waals surface area contributed by atoms with Crippen LogP contribution in [-0.4, -0.2) is 49.4 Å². The molecule has 1 atom stereocenters. The van der Waals surface area contributed by atoms with Gasteiger partial charge in [0.1, 0.15) is 6.04 Å². The maximum atomic E-state index is 12.5. The normalized spacial score (nSPS) is 16.5. The Morgan fingerprint density at radius 2 is 1.74 bits per heavy atom. The first-order valence-electron chi connectivity index (χ1n) is 7.73. The number of piperidine rings is 1. The van der Waals surface area contributed by atoms with E-state index in [9.17, 15) is 4.79 Å². The molecule has 0 bridgehead atoms. The van der Waals surface area contributed by atoms with Crippen LogP contribution in [0.25, 0.3) is 0 Å². The molecule has 0 saturated carbocycles. The van der Waals surface area contributed by atoms with Gasteiger partial charge in [-0.2, -0.15) is 0 Å². The van der Waals surface area contributed by atoms with Gasteiger partial charge in [-0.15, -0.1) is 24.8 Å². The Kier molecular flexibility index (Phi) is 9.78. The van der Waals surface area contributed by atoms with Crippen molar-refractivity contribution in [2.75, 3.05) is 33.7 Å². The number of benzene rings is 1. The van der Waals surface area contributed by atoms with Crippen molar-refractivity contribution < 1.29 is 4.79 Å². The average Bonchev–Trinajstić information content (AvgIpc) is 2.47. The first kappa shape index (κ1) is 22.2. The first-order chi connectivity index (χ1) is 9.97. The lowest BCUT2D eigenvalue weighted by Gasteiger charge is -2.34. The predicted molar refractivity (Wildman–Crippen MR) is 100 cm³/mol. The van der Waals surface area contributed by atoms with Crippen LogP contribution >= 0.6 is 24.8 Å². The van der Waals surface area contributed by atoms with Crippen LogP contribution in [0.1, 0.15) is 30.0 Å². The molecule has 0 spiro atoms. The summed E-state index contributed by atoms with van der Waals surface area (Å²) >= 11 is 0. The van der Waals surface area contributed by atoms with Gasteiger partial charge in [0.25, 0.3) is 0 Å². The molecule has 6 heteroatoms. The fourth-order valence-corrected chi connectivity index (χ4v) is 2.97. The number of halogens is 2. The largest absolute Gasteiger partial charge is 0.341 e. The zero-order valence-corrected chi connectivity index (χ0v) is 15.8. The van der Waals surface area contributed by atoms with Gasteiger partial charge in [-0.05, 0) is 45.3 Å². The number of rotatable bonds is 4. The van der Waals surface area contributed by atoms with Gasteiger partial charge in [0.2, 0.25) is 5.91 Å². The van der Waals surface area contributed by atoms with Crippen molar-refractivity contribution in [1.29, 1.82) is 0 Å². The highest BCUT2D eigenvalue weighted by atomic mass is 35.5. The van der Waals surface area contributed by atoms with Crippen molar-refractivity contribution >= 4 is 30.7 Å². The Labute approximate surface area is 152 Å². The highest BCUT2D eigenvalue weighted by Gasteiger charge is 2.27. The standard InChI is InChI=1S/C17H27N3O.2ClH/c1-13-4-6-15(7-5-13)16(18)17(21)20-10-8-14(9-11-20)12-19(2)3;;/h4-7,14,16H,8-12,18H2,1-3H3;2*1H. The maximum absolute atomic E-state index is 12.5. The van der Waals surface area contributed by atoms with E-state index in [1.165, 1.54) is 5.56 Å². The van der Waals surface area contributed by atoms with Crippen LogP contribution in [0.3, 0.4) is 0 Å². The van der Waals surface area contributed by atoms with E-state index in [-0.39, 0.29) is 30.7 Å². The third kappa shape index (κ3) is 6.30. The number of nitrogens with zero attached hydrogens (tertiary/aromatic N) is 2. The average molecular weight is 362 g/mol. The number of likely N-dealkylation sites (tertiary alicyclic amines) is 1. The van der Waals surface area contributed by atoms with Gasteiger partial charge in [-0.1, -0.05) is 29.8 Å². The van der Waals surface area contributed by atoms with Gasteiger partial charge < -0.3 is 15.5 Å². The minimum Gasteiger partial charge on any atom is -0.341 e. The van der Waals surface area contributed by atoms with Crippen LogP contribution < -0.4 is 5.73 Å². The van der Waals surface area contributed by atoms with E-state index >= 15 is 0 Å². The molecule has 1 saturated heterocycles. The molecule has 1 aromatic carbocycles. The van der Waals surface area contributed by atoms with E-state index < -0.39 is 6.04 Å². The van der Waals surface area contributed by atoms with E-state index in [4.69, 9.17) is 5.73 Å². The van der Waals surface area contributed by atoms with Gasteiger partial charge in [0.05, 0.1) is 0 Å². The molecule has 0 aromatic heterocycles. The van der Waals surface area contributed by atoms with E-state index in [0.29, 0.717) is 5.92 Å². The lowest BCUT2D eigenvalue weighted by molar-refractivity contribution is -0.134. The second-order valence-electron chi connectivity index (χ2n) is 6.42. The highest BCUT2D eigenvalue weighted by Crippen LogP contribution is 2.21. The Hall–Kier alpha value is -0.810. The summed E-state index contributed by atoms with van der Waals surface area (Å²) in [5, 5.41) is 0. The molecular formula is C17H29Cl2N3O. The van der Waals surface area contributed by atoms with Crippen LogP contribution in [-0.2, 0) is 4.79 Å². The summed E-state index contributed by atoms with van der Waals surface area (Å²) < 4.78 is 0. The lowest BCUT2D eigenvalue weighted by atomic mass is 9.95. The van der Waals surface area contributed by atoms with Crippen LogP contribution in [0, 0.1) is 12.8 Å². The lowest BCUT2D eigenvalue weighted by Crippen LogP contribution is -2.44. The van der Waals surface area contributed by atoms with E-state index in [2.05, 4.69) is 19.0 Å². The molecule has 4 nitrogen and oxygen atoms in total. The molecule has 1 aliphatic rings. The quantitative estimate of drug-likeness (QED) is 0.896. The summed E-state index contributed by atoms with van der Waals surface area (Å²) in [4.78, 5) is 16.7. The Morgan fingerprint density at radius 3 is 2.22 bits per heavy atom. The van der Waals surface area contributed by atoms with Crippen LogP contribution in [0.4, 0.5) is 0 Å². The number of hydrogen-bond donors (Lipinski definition) is 1. The molecule has 132 valence electrons. The van der Waals surface area contributed by atoms with Gasteiger partial charge >= 0.3 is 0 Å².